The minimum atomic E-state index is -0.0768. The summed E-state index contributed by atoms with van der Waals surface area (Å²) in [5, 5.41) is 8.23. The Morgan fingerprint density at radius 3 is 2.72 bits per heavy atom. The Kier molecular flexibility index (Phi) is 5.30. The molecule has 0 saturated carbocycles. The molecule has 0 aliphatic carbocycles. The first kappa shape index (κ1) is 17.0. The minimum absolute atomic E-state index is 0.0768. The van der Waals surface area contributed by atoms with Crippen molar-refractivity contribution in [2.75, 3.05) is 20.0 Å². The van der Waals surface area contributed by atoms with E-state index in [2.05, 4.69) is 15.2 Å². The molecular formula is C17H15N3O4S. The van der Waals surface area contributed by atoms with Crippen LogP contribution in [0.1, 0.15) is 10.4 Å². The zero-order valence-electron chi connectivity index (χ0n) is 13.6. The molecule has 2 aromatic heterocycles. The molecule has 128 valence electrons. The number of rotatable bonds is 7. The lowest BCUT2D eigenvalue weighted by Crippen LogP contribution is -2.03. The molecule has 0 spiro atoms. The van der Waals surface area contributed by atoms with Crippen molar-refractivity contribution in [2.24, 2.45) is 0 Å². The highest BCUT2D eigenvalue weighted by Gasteiger charge is 2.14. The molecule has 0 bridgehead atoms. The Labute approximate surface area is 148 Å². The molecule has 0 N–H and O–H groups in total. The number of nitrogens with zero attached hydrogens (tertiary/aromatic N) is 3. The fourth-order valence-corrected chi connectivity index (χ4v) is 2.75. The van der Waals surface area contributed by atoms with Crippen molar-refractivity contribution in [3.05, 3.63) is 48.3 Å². The second-order valence-electron chi connectivity index (χ2n) is 4.90. The summed E-state index contributed by atoms with van der Waals surface area (Å²) in [5.41, 5.74) is 1.25. The number of thioether (sulfide) groups is 1. The maximum atomic E-state index is 12.3. The number of methoxy groups -OCH3 is 2. The third-order valence-corrected chi connectivity index (χ3v) is 4.17. The Hall–Kier alpha value is -2.87. The smallest absolute Gasteiger partial charge is 0.277 e. The zero-order chi connectivity index (χ0) is 17.6. The summed E-state index contributed by atoms with van der Waals surface area (Å²) in [6, 6.07) is 8.65. The molecule has 0 saturated heterocycles. The number of aromatic nitrogens is 3. The Morgan fingerprint density at radius 2 is 2.00 bits per heavy atom. The molecule has 0 aliphatic heterocycles. The van der Waals surface area contributed by atoms with Crippen molar-refractivity contribution >= 4 is 17.5 Å². The Morgan fingerprint density at radius 1 is 1.16 bits per heavy atom. The number of pyridine rings is 1. The van der Waals surface area contributed by atoms with Crippen molar-refractivity contribution in [3.63, 3.8) is 0 Å². The van der Waals surface area contributed by atoms with Crippen LogP contribution >= 0.6 is 11.8 Å². The van der Waals surface area contributed by atoms with Gasteiger partial charge < -0.3 is 13.9 Å². The maximum absolute atomic E-state index is 12.3. The van der Waals surface area contributed by atoms with E-state index in [1.54, 1.807) is 43.8 Å². The molecule has 0 atom stereocenters. The van der Waals surface area contributed by atoms with Crippen LogP contribution < -0.4 is 9.47 Å². The van der Waals surface area contributed by atoms with Crippen LogP contribution in [0.25, 0.3) is 11.5 Å². The van der Waals surface area contributed by atoms with Crippen molar-refractivity contribution in [3.8, 4) is 23.0 Å². The van der Waals surface area contributed by atoms with Crippen LogP contribution in [0, 0.1) is 0 Å². The van der Waals surface area contributed by atoms with Crippen LogP contribution in [-0.4, -0.2) is 40.9 Å². The zero-order valence-corrected chi connectivity index (χ0v) is 14.4. The molecule has 0 fully saturated rings. The molecule has 25 heavy (non-hydrogen) atoms. The fourth-order valence-electron chi connectivity index (χ4n) is 2.09. The molecule has 2 heterocycles. The van der Waals surface area contributed by atoms with Crippen LogP contribution in [0.5, 0.6) is 11.5 Å². The highest BCUT2D eigenvalue weighted by Crippen LogP contribution is 2.29. The van der Waals surface area contributed by atoms with Gasteiger partial charge in [0.25, 0.3) is 5.22 Å². The second-order valence-corrected chi connectivity index (χ2v) is 5.82. The van der Waals surface area contributed by atoms with Crippen molar-refractivity contribution < 1.29 is 18.7 Å². The number of carbonyl (C=O) groups excluding carboxylic acids is 1. The number of Topliss-reactive ketones (excluding diaryl/α,β-unsaturated/α-hetero) is 1. The van der Waals surface area contributed by atoms with Crippen LogP contribution in [-0.2, 0) is 0 Å². The quantitative estimate of drug-likeness (QED) is 0.471. The largest absolute Gasteiger partial charge is 0.493 e. The summed E-state index contributed by atoms with van der Waals surface area (Å²) in [6.07, 6.45) is 3.30. The third kappa shape index (κ3) is 3.97. The van der Waals surface area contributed by atoms with Gasteiger partial charge in [-0.1, -0.05) is 11.8 Å². The first-order valence-corrected chi connectivity index (χ1v) is 8.31. The van der Waals surface area contributed by atoms with Crippen molar-refractivity contribution in [2.45, 2.75) is 5.22 Å². The molecule has 0 aliphatic rings. The Bertz CT molecular complexity index is 867. The van der Waals surface area contributed by atoms with E-state index < -0.39 is 0 Å². The van der Waals surface area contributed by atoms with E-state index in [9.17, 15) is 4.79 Å². The molecule has 0 amide bonds. The van der Waals surface area contributed by atoms with Gasteiger partial charge in [0.15, 0.2) is 17.3 Å². The average molecular weight is 357 g/mol. The van der Waals surface area contributed by atoms with E-state index in [4.69, 9.17) is 13.9 Å². The SMILES string of the molecule is COc1ccc(C(=O)CSc2nnc(-c3cccnc3)o2)cc1OC. The van der Waals surface area contributed by atoms with Crippen LogP contribution in [0.3, 0.4) is 0 Å². The van der Waals surface area contributed by atoms with Gasteiger partial charge in [-0.2, -0.15) is 0 Å². The molecular weight excluding hydrogens is 342 g/mol. The number of hydrogen-bond acceptors (Lipinski definition) is 8. The topological polar surface area (TPSA) is 87.3 Å². The molecule has 3 aromatic rings. The standard InChI is InChI=1S/C17H15N3O4S/c1-22-14-6-5-11(8-15(14)23-2)13(21)10-25-17-20-19-16(24-17)12-4-3-7-18-9-12/h3-9H,10H2,1-2H3. The van der Waals surface area contributed by atoms with Crippen molar-refractivity contribution in [1.29, 1.82) is 0 Å². The van der Waals surface area contributed by atoms with Crippen LogP contribution in [0.15, 0.2) is 52.4 Å². The predicted octanol–water partition coefficient (Wildman–Crippen LogP) is 3.12. The van der Waals surface area contributed by atoms with E-state index in [1.165, 1.54) is 18.9 Å². The van der Waals surface area contributed by atoms with Gasteiger partial charge in [0.1, 0.15) is 0 Å². The first-order valence-electron chi connectivity index (χ1n) is 7.33. The fraction of sp³-hybridized carbons (Fsp3) is 0.176. The van der Waals surface area contributed by atoms with Crippen LogP contribution in [0.4, 0.5) is 0 Å². The highest BCUT2D eigenvalue weighted by molar-refractivity contribution is 7.99. The van der Waals surface area contributed by atoms with Gasteiger partial charge in [0.05, 0.1) is 25.5 Å². The molecule has 3 rings (SSSR count). The second kappa shape index (κ2) is 7.80. The number of carbonyl (C=O) groups is 1. The van der Waals surface area contributed by atoms with Gasteiger partial charge in [0, 0.05) is 18.0 Å². The van der Waals surface area contributed by atoms with E-state index in [-0.39, 0.29) is 11.5 Å². The summed E-state index contributed by atoms with van der Waals surface area (Å²) >= 11 is 1.18. The van der Waals surface area contributed by atoms with E-state index in [1.807, 2.05) is 6.07 Å². The summed E-state index contributed by atoms with van der Waals surface area (Å²) in [5.74, 6) is 1.55. The average Bonchev–Trinajstić information content (AvgIpc) is 3.15. The lowest BCUT2D eigenvalue weighted by molar-refractivity contribution is 0.102. The van der Waals surface area contributed by atoms with Gasteiger partial charge >= 0.3 is 0 Å². The monoisotopic (exact) mass is 357 g/mol. The van der Waals surface area contributed by atoms with Gasteiger partial charge in [-0.3, -0.25) is 9.78 Å². The highest BCUT2D eigenvalue weighted by atomic mass is 32.2. The molecule has 0 unspecified atom stereocenters. The summed E-state index contributed by atoms with van der Waals surface area (Å²) in [7, 11) is 3.07. The molecule has 7 nitrogen and oxygen atoms in total. The van der Waals surface area contributed by atoms with Crippen LogP contribution in [0.2, 0.25) is 0 Å². The molecule has 8 heteroatoms. The Balaban J connectivity index is 1.66. The minimum Gasteiger partial charge on any atom is -0.493 e. The first-order chi connectivity index (χ1) is 12.2. The number of ketones is 1. The normalized spacial score (nSPS) is 10.5. The number of hydrogen-bond donors (Lipinski definition) is 0. The number of ether oxygens (including phenoxy) is 2. The summed E-state index contributed by atoms with van der Waals surface area (Å²) < 4.78 is 15.9. The van der Waals surface area contributed by atoms with Gasteiger partial charge in [-0.25, -0.2) is 0 Å². The van der Waals surface area contributed by atoms with Gasteiger partial charge in [0.2, 0.25) is 5.89 Å². The maximum Gasteiger partial charge on any atom is 0.277 e. The molecule has 0 radical (unpaired) electrons. The van der Waals surface area contributed by atoms with Gasteiger partial charge in [-0.05, 0) is 30.3 Å². The summed E-state index contributed by atoms with van der Waals surface area (Å²) in [6.45, 7) is 0. The van der Waals surface area contributed by atoms with E-state index in [0.717, 1.165) is 5.56 Å². The third-order valence-electron chi connectivity index (χ3n) is 3.35. The predicted molar refractivity (Wildman–Crippen MR) is 92.1 cm³/mol. The lowest BCUT2D eigenvalue weighted by atomic mass is 10.1. The van der Waals surface area contributed by atoms with E-state index >= 15 is 0 Å². The lowest BCUT2D eigenvalue weighted by Gasteiger charge is -2.08. The number of benzene rings is 1. The van der Waals surface area contributed by atoms with Crippen molar-refractivity contribution in [1.82, 2.24) is 15.2 Å². The van der Waals surface area contributed by atoms with E-state index in [0.29, 0.717) is 28.2 Å². The molecule has 1 aromatic carbocycles. The van der Waals surface area contributed by atoms with Gasteiger partial charge in [-0.15, -0.1) is 10.2 Å². The summed E-state index contributed by atoms with van der Waals surface area (Å²) in [4.78, 5) is 16.3.